The Kier molecular flexibility index (Phi) is 6.71. The number of halogens is 1. The van der Waals surface area contributed by atoms with Crippen molar-refractivity contribution in [2.75, 3.05) is 33.8 Å². The third-order valence-electron chi connectivity index (χ3n) is 2.97. The SMILES string of the molecule is COc1cc(OC)c(OC)c(C/C=C(\C)CBr)c1OC. The van der Waals surface area contributed by atoms with Gasteiger partial charge in [0, 0.05) is 17.0 Å². The lowest BCUT2D eigenvalue weighted by molar-refractivity contribution is 0.324. The van der Waals surface area contributed by atoms with Crippen LogP contribution in [-0.4, -0.2) is 33.8 Å². The lowest BCUT2D eigenvalue weighted by atomic mass is 10.1. The van der Waals surface area contributed by atoms with Gasteiger partial charge in [0.2, 0.25) is 0 Å². The molecule has 0 heterocycles. The van der Waals surface area contributed by atoms with Gasteiger partial charge in [0.15, 0.2) is 23.0 Å². The van der Waals surface area contributed by atoms with Crippen LogP contribution in [0.2, 0.25) is 0 Å². The summed E-state index contributed by atoms with van der Waals surface area (Å²) in [6, 6.07) is 1.77. The zero-order valence-electron chi connectivity index (χ0n) is 12.6. The van der Waals surface area contributed by atoms with Crippen molar-refractivity contribution in [3.8, 4) is 23.0 Å². The molecule has 0 aliphatic heterocycles. The molecule has 112 valence electrons. The molecule has 0 N–H and O–H groups in total. The van der Waals surface area contributed by atoms with Crippen molar-refractivity contribution < 1.29 is 18.9 Å². The minimum absolute atomic E-state index is 0.630. The number of rotatable bonds is 7. The van der Waals surface area contributed by atoms with Crippen LogP contribution in [0.3, 0.4) is 0 Å². The van der Waals surface area contributed by atoms with Gasteiger partial charge in [-0.2, -0.15) is 0 Å². The minimum Gasteiger partial charge on any atom is -0.493 e. The van der Waals surface area contributed by atoms with Crippen LogP contribution in [0.15, 0.2) is 17.7 Å². The van der Waals surface area contributed by atoms with Crippen LogP contribution in [0.1, 0.15) is 12.5 Å². The number of ether oxygens (including phenoxy) is 4. The van der Waals surface area contributed by atoms with Crippen LogP contribution < -0.4 is 18.9 Å². The van der Waals surface area contributed by atoms with Gasteiger partial charge in [-0.25, -0.2) is 0 Å². The first-order chi connectivity index (χ1) is 9.62. The van der Waals surface area contributed by atoms with Gasteiger partial charge in [0.05, 0.1) is 28.4 Å². The molecule has 0 saturated carbocycles. The molecular weight excluding hydrogens is 324 g/mol. The summed E-state index contributed by atoms with van der Waals surface area (Å²) >= 11 is 3.44. The molecule has 0 atom stereocenters. The summed E-state index contributed by atoms with van der Waals surface area (Å²) in [5.41, 5.74) is 2.14. The van der Waals surface area contributed by atoms with Crippen LogP contribution in [0, 0.1) is 0 Å². The molecule has 20 heavy (non-hydrogen) atoms. The fraction of sp³-hybridized carbons (Fsp3) is 0.467. The number of hydrogen-bond acceptors (Lipinski definition) is 4. The van der Waals surface area contributed by atoms with E-state index in [2.05, 4.69) is 28.9 Å². The largest absolute Gasteiger partial charge is 0.493 e. The van der Waals surface area contributed by atoms with Crippen LogP contribution in [0.5, 0.6) is 23.0 Å². The summed E-state index contributed by atoms with van der Waals surface area (Å²) in [5.74, 6) is 2.60. The van der Waals surface area contributed by atoms with E-state index in [-0.39, 0.29) is 0 Å². The Balaban J connectivity index is 3.41. The molecule has 1 rings (SSSR count). The Labute approximate surface area is 128 Å². The zero-order chi connectivity index (χ0) is 15.1. The van der Waals surface area contributed by atoms with E-state index in [0.717, 1.165) is 10.9 Å². The summed E-state index contributed by atoms with van der Waals surface area (Å²) < 4.78 is 21.7. The van der Waals surface area contributed by atoms with Crippen molar-refractivity contribution in [3.63, 3.8) is 0 Å². The van der Waals surface area contributed by atoms with Crippen molar-refractivity contribution in [3.05, 3.63) is 23.3 Å². The zero-order valence-corrected chi connectivity index (χ0v) is 14.2. The van der Waals surface area contributed by atoms with Gasteiger partial charge in [0.25, 0.3) is 0 Å². The molecule has 0 amide bonds. The molecule has 0 saturated heterocycles. The van der Waals surface area contributed by atoms with E-state index in [9.17, 15) is 0 Å². The first-order valence-corrected chi connectivity index (χ1v) is 7.32. The second-order valence-corrected chi connectivity index (χ2v) is 4.78. The Hall–Kier alpha value is -1.36. The van der Waals surface area contributed by atoms with Crippen LogP contribution in [0.4, 0.5) is 0 Å². The van der Waals surface area contributed by atoms with Gasteiger partial charge in [-0.3, -0.25) is 0 Å². The van der Waals surface area contributed by atoms with E-state index in [1.165, 1.54) is 5.57 Å². The Bertz CT molecular complexity index is 453. The number of alkyl halides is 1. The first-order valence-electron chi connectivity index (χ1n) is 6.20. The smallest absolute Gasteiger partial charge is 0.168 e. The number of methoxy groups -OCH3 is 4. The molecule has 0 aromatic heterocycles. The lowest BCUT2D eigenvalue weighted by Gasteiger charge is -2.18. The highest BCUT2D eigenvalue weighted by molar-refractivity contribution is 9.09. The molecule has 0 bridgehead atoms. The van der Waals surface area contributed by atoms with Crippen molar-refractivity contribution in [1.29, 1.82) is 0 Å². The highest BCUT2D eigenvalue weighted by Crippen LogP contribution is 2.44. The van der Waals surface area contributed by atoms with Crippen molar-refractivity contribution in [2.45, 2.75) is 13.3 Å². The topological polar surface area (TPSA) is 36.9 Å². The van der Waals surface area contributed by atoms with E-state index in [4.69, 9.17) is 18.9 Å². The van der Waals surface area contributed by atoms with Crippen LogP contribution >= 0.6 is 15.9 Å². The van der Waals surface area contributed by atoms with Gasteiger partial charge in [0.1, 0.15) is 0 Å². The summed E-state index contributed by atoms with van der Waals surface area (Å²) in [6.07, 6.45) is 2.80. The van der Waals surface area contributed by atoms with Crippen molar-refractivity contribution >= 4 is 15.9 Å². The predicted molar refractivity (Wildman–Crippen MR) is 83.9 cm³/mol. The molecule has 5 heteroatoms. The maximum absolute atomic E-state index is 5.47. The molecule has 0 radical (unpaired) electrons. The number of benzene rings is 1. The summed E-state index contributed by atoms with van der Waals surface area (Å²) in [4.78, 5) is 0. The van der Waals surface area contributed by atoms with Gasteiger partial charge < -0.3 is 18.9 Å². The molecule has 4 nitrogen and oxygen atoms in total. The van der Waals surface area contributed by atoms with Gasteiger partial charge in [-0.15, -0.1) is 0 Å². The lowest BCUT2D eigenvalue weighted by Crippen LogP contribution is -2.02. The molecular formula is C15H21BrO4. The number of allylic oxidation sites excluding steroid dienone is 2. The molecule has 0 aliphatic rings. The van der Waals surface area contributed by atoms with E-state index in [0.29, 0.717) is 29.4 Å². The van der Waals surface area contributed by atoms with Gasteiger partial charge in [-0.1, -0.05) is 27.6 Å². The molecule has 1 aromatic carbocycles. The minimum atomic E-state index is 0.630. The van der Waals surface area contributed by atoms with E-state index < -0.39 is 0 Å². The average Bonchev–Trinajstić information content (AvgIpc) is 2.50. The fourth-order valence-electron chi connectivity index (χ4n) is 1.92. The third-order valence-corrected chi connectivity index (χ3v) is 3.86. The maximum Gasteiger partial charge on any atom is 0.168 e. The second-order valence-electron chi connectivity index (χ2n) is 4.21. The first kappa shape index (κ1) is 16.7. The third kappa shape index (κ3) is 3.60. The fourth-order valence-corrected chi connectivity index (χ4v) is 2.15. The second kappa shape index (κ2) is 8.04. The van der Waals surface area contributed by atoms with Crippen LogP contribution in [-0.2, 0) is 6.42 Å². The highest BCUT2D eigenvalue weighted by Gasteiger charge is 2.20. The molecule has 0 spiro atoms. The van der Waals surface area contributed by atoms with E-state index in [1.54, 1.807) is 34.5 Å². The van der Waals surface area contributed by atoms with Crippen LogP contribution in [0.25, 0.3) is 0 Å². The Morgan fingerprint density at radius 3 is 1.85 bits per heavy atom. The highest BCUT2D eigenvalue weighted by atomic mass is 79.9. The normalized spacial score (nSPS) is 11.2. The van der Waals surface area contributed by atoms with Gasteiger partial charge in [-0.05, 0) is 13.3 Å². The van der Waals surface area contributed by atoms with E-state index in [1.807, 2.05) is 0 Å². The summed E-state index contributed by atoms with van der Waals surface area (Å²) in [7, 11) is 6.45. The average molecular weight is 345 g/mol. The Morgan fingerprint density at radius 2 is 1.50 bits per heavy atom. The summed E-state index contributed by atoms with van der Waals surface area (Å²) in [6.45, 7) is 2.06. The molecule has 0 aliphatic carbocycles. The predicted octanol–water partition coefficient (Wildman–Crippen LogP) is 3.60. The maximum atomic E-state index is 5.47. The number of hydrogen-bond donors (Lipinski definition) is 0. The summed E-state index contributed by atoms with van der Waals surface area (Å²) in [5, 5.41) is 0.832. The molecule has 1 aromatic rings. The standard InChI is InChI=1S/C15H21BrO4/c1-10(9-16)6-7-11-14(19-4)12(17-2)8-13(18-3)15(11)20-5/h6,8H,7,9H2,1-5H3/b10-6+. The molecule has 0 fully saturated rings. The quantitative estimate of drug-likeness (QED) is 0.559. The van der Waals surface area contributed by atoms with Crippen molar-refractivity contribution in [1.82, 2.24) is 0 Å². The van der Waals surface area contributed by atoms with E-state index >= 15 is 0 Å². The van der Waals surface area contributed by atoms with Crippen molar-refractivity contribution in [2.24, 2.45) is 0 Å². The monoisotopic (exact) mass is 344 g/mol. The molecule has 0 unspecified atom stereocenters. The Morgan fingerprint density at radius 1 is 1.00 bits per heavy atom. The van der Waals surface area contributed by atoms with Gasteiger partial charge >= 0.3 is 0 Å².